The lowest BCUT2D eigenvalue weighted by Crippen LogP contribution is -2.16. The Labute approximate surface area is 147 Å². The van der Waals surface area contributed by atoms with E-state index in [2.05, 4.69) is 4.98 Å². The van der Waals surface area contributed by atoms with Crippen LogP contribution in [0.4, 0.5) is 4.39 Å². The average Bonchev–Trinajstić information content (AvgIpc) is 2.67. The predicted octanol–water partition coefficient (Wildman–Crippen LogP) is 4.08. The molecule has 0 saturated heterocycles. The number of halogens is 1. The summed E-state index contributed by atoms with van der Waals surface area (Å²) in [6.45, 7) is 0.758. The van der Waals surface area contributed by atoms with Gasteiger partial charge in [0.25, 0.3) is 0 Å². The Balaban J connectivity index is 1.61. The molecule has 1 aromatic heterocycles. The van der Waals surface area contributed by atoms with Crippen molar-refractivity contribution in [1.29, 1.82) is 0 Å². The van der Waals surface area contributed by atoms with Crippen molar-refractivity contribution in [3.63, 3.8) is 0 Å². The Morgan fingerprint density at radius 3 is 2.40 bits per heavy atom. The third-order valence-corrected chi connectivity index (χ3v) is 4.15. The van der Waals surface area contributed by atoms with Gasteiger partial charge in [-0.3, -0.25) is 4.98 Å². The molecule has 0 bridgehead atoms. The summed E-state index contributed by atoms with van der Waals surface area (Å²) in [7, 11) is 0. The first-order valence-corrected chi connectivity index (χ1v) is 8.32. The summed E-state index contributed by atoms with van der Waals surface area (Å²) in [4.78, 5) is 4.39. The minimum absolute atomic E-state index is 0.186. The largest absolute Gasteiger partial charge is 0.489 e. The maximum atomic E-state index is 13.6. The molecule has 1 unspecified atom stereocenters. The second-order valence-corrected chi connectivity index (χ2v) is 5.92. The summed E-state index contributed by atoms with van der Waals surface area (Å²) in [5.41, 5.74) is 8.63. The van der Waals surface area contributed by atoms with Crippen LogP contribution in [-0.4, -0.2) is 11.5 Å². The lowest BCUT2D eigenvalue weighted by atomic mass is 9.96. The normalized spacial score (nSPS) is 11.9. The van der Waals surface area contributed by atoms with E-state index in [0.29, 0.717) is 17.9 Å². The third-order valence-electron chi connectivity index (χ3n) is 4.15. The van der Waals surface area contributed by atoms with Gasteiger partial charge in [0.15, 0.2) is 0 Å². The molecule has 128 valence electrons. The molecule has 0 fully saturated rings. The first-order valence-electron chi connectivity index (χ1n) is 8.32. The van der Waals surface area contributed by atoms with E-state index < -0.39 is 0 Å². The molecule has 0 radical (unpaired) electrons. The highest BCUT2D eigenvalue weighted by Crippen LogP contribution is 2.21. The first-order chi connectivity index (χ1) is 12.3. The van der Waals surface area contributed by atoms with Crippen molar-refractivity contribution in [2.24, 2.45) is 5.73 Å². The molecule has 0 amide bonds. The van der Waals surface area contributed by atoms with Crippen LogP contribution in [0.25, 0.3) is 0 Å². The molecule has 2 N–H and O–H groups in total. The molecule has 3 rings (SSSR count). The van der Waals surface area contributed by atoms with Gasteiger partial charge in [-0.05, 0) is 42.3 Å². The Bertz CT molecular complexity index is 791. The zero-order chi connectivity index (χ0) is 17.5. The van der Waals surface area contributed by atoms with Crippen molar-refractivity contribution in [2.45, 2.75) is 18.9 Å². The van der Waals surface area contributed by atoms with Crippen LogP contribution >= 0.6 is 0 Å². The Hall–Kier alpha value is -2.72. The van der Waals surface area contributed by atoms with Gasteiger partial charge in [-0.15, -0.1) is 0 Å². The Morgan fingerprint density at radius 1 is 0.960 bits per heavy atom. The van der Waals surface area contributed by atoms with Crippen molar-refractivity contribution in [1.82, 2.24) is 4.98 Å². The number of aromatic nitrogens is 1. The number of rotatable bonds is 7. The van der Waals surface area contributed by atoms with Gasteiger partial charge in [-0.2, -0.15) is 0 Å². The summed E-state index contributed by atoms with van der Waals surface area (Å²) in [6.07, 6.45) is 2.61. The molecule has 4 heteroatoms. The van der Waals surface area contributed by atoms with Crippen LogP contribution in [0.1, 0.15) is 22.7 Å². The topological polar surface area (TPSA) is 48.1 Å². The number of hydrogen-bond acceptors (Lipinski definition) is 3. The zero-order valence-corrected chi connectivity index (χ0v) is 13.9. The molecule has 0 aliphatic heterocycles. The van der Waals surface area contributed by atoms with Crippen LogP contribution in [-0.2, 0) is 13.0 Å². The van der Waals surface area contributed by atoms with E-state index in [-0.39, 0.29) is 18.3 Å². The fourth-order valence-electron chi connectivity index (χ4n) is 2.71. The molecular formula is C21H21FN2O. The van der Waals surface area contributed by atoms with E-state index in [1.807, 2.05) is 42.5 Å². The molecular weight excluding hydrogens is 315 g/mol. The predicted molar refractivity (Wildman–Crippen MR) is 96.9 cm³/mol. The second kappa shape index (κ2) is 8.40. The molecule has 2 aromatic carbocycles. The standard InChI is InChI=1S/C21H21FN2O/c22-20-6-2-1-5-17(20)15-25-19-10-8-16(9-11-19)13-18(14-23)21-7-3-4-12-24-21/h1-12,18H,13-15,23H2. The molecule has 3 nitrogen and oxygen atoms in total. The number of ether oxygens (including phenoxy) is 1. The van der Waals surface area contributed by atoms with Gasteiger partial charge in [-0.25, -0.2) is 4.39 Å². The highest BCUT2D eigenvalue weighted by molar-refractivity contribution is 5.29. The van der Waals surface area contributed by atoms with E-state index in [0.717, 1.165) is 12.1 Å². The van der Waals surface area contributed by atoms with E-state index in [1.165, 1.54) is 11.6 Å². The Morgan fingerprint density at radius 2 is 1.72 bits per heavy atom. The monoisotopic (exact) mass is 336 g/mol. The van der Waals surface area contributed by atoms with Crippen LogP contribution in [0.3, 0.4) is 0 Å². The maximum absolute atomic E-state index is 13.6. The molecule has 0 aliphatic rings. The quantitative estimate of drug-likeness (QED) is 0.707. The van der Waals surface area contributed by atoms with Crippen LogP contribution in [0.5, 0.6) is 5.75 Å². The van der Waals surface area contributed by atoms with Gasteiger partial charge < -0.3 is 10.5 Å². The highest BCUT2D eigenvalue weighted by atomic mass is 19.1. The molecule has 1 heterocycles. The van der Waals surface area contributed by atoms with Crippen LogP contribution in [0.2, 0.25) is 0 Å². The molecule has 1 atom stereocenters. The van der Waals surface area contributed by atoms with Crippen molar-refractivity contribution in [3.05, 3.63) is 95.6 Å². The minimum Gasteiger partial charge on any atom is -0.489 e. The number of hydrogen-bond donors (Lipinski definition) is 1. The Kier molecular flexibility index (Phi) is 5.75. The van der Waals surface area contributed by atoms with Crippen molar-refractivity contribution < 1.29 is 9.13 Å². The van der Waals surface area contributed by atoms with E-state index in [9.17, 15) is 4.39 Å². The summed E-state index contributed by atoms with van der Waals surface area (Å²) < 4.78 is 19.3. The zero-order valence-electron chi connectivity index (χ0n) is 13.9. The van der Waals surface area contributed by atoms with Crippen molar-refractivity contribution in [2.75, 3.05) is 6.54 Å². The summed E-state index contributed by atoms with van der Waals surface area (Å²) in [5.74, 6) is 0.654. The van der Waals surface area contributed by atoms with Crippen LogP contribution < -0.4 is 10.5 Å². The average molecular weight is 336 g/mol. The SMILES string of the molecule is NCC(Cc1ccc(OCc2ccccc2F)cc1)c1ccccn1. The first kappa shape index (κ1) is 17.1. The summed E-state index contributed by atoms with van der Waals surface area (Å²) in [6, 6.07) is 20.4. The number of nitrogens with zero attached hydrogens (tertiary/aromatic N) is 1. The molecule has 0 aliphatic carbocycles. The van der Waals surface area contributed by atoms with Crippen LogP contribution in [0, 0.1) is 5.82 Å². The molecule has 0 spiro atoms. The van der Waals surface area contributed by atoms with Gasteiger partial charge in [-0.1, -0.05) is 36.4 Å². The van der Waals surface area contributed by atoms with Crippen molar-refractivity contribution >= 4 is 0 Å². The summed E-state index contributed by atoms with van der Waals surface area (Å²) in [5, 5.41) is 0. The number of pyridine rings is 1. The second-order valence-electron chi connectivity index (χ2n) is 5.92. The lowest BCUT2D eigenvalue weighted by Gasteiger charge is -2.14. The number of benzene rings is 2. The molecule has 25 heavy (non-hydrogen) atoms. The number of nitrogens with two attached hydrogens (primary N) is 1. The fourth-order valence-corrected chi connectivity index (χ4v) is 2.71. The maximum Gasteiger partial charge on any atom is 0.129 e. The van der Waals surface area contributed by atoms with Gasteiger partial charge in [0.2, 0.25) is 0 Å². The van der Waals surface area contributed by atoms with E-state index in [1.54, 1.807) is 24.4 Å². The minimum atomic E-state index is -0.250. The van der Waals surface area contributed by atoms with Gasteiger partial charge in [0.1, 0.15) is 18.2 Å². The van der Waals surface area contributed by atoms with E-state index >= 15 is 0 Å². The molecule has 0 saturated carbocycles. The smallest absolute Gasteiger partial charge is 0.129 e. The third kappa shape index (κ3) is 4.64. The fraction of sp³-hybridized carbons (Fsp3) is 0.190. The van der Waals surface area contributed by atoms with Gasteiger partial charge >= 0.3 is 0 Å². The summed E-state index contributed by atoms with van der Waals surface area (Å²) >= 11 is 0. The highest BCUT2D eigenvalue weighted by Gasteiger charge is 2.11. The van der Waals surface area contributed by atoms with Crippen molar-refractivity contribution in [3.8, 4) is 5.75 Å². The molecule has 3 aromatic rings. The van der Waals surface area contributed by atoms with Gasteiger partial charge in [0.05, 0.1) is 0 Å². The van der Waals surface area contributed by atoms with Gasteiger partial charge in [0, 0.05) is 29.9 Å². The lowest BCUT2D eigenvalue weighted by molar-refractivity contribution is 0.300. The van der Waals surface area contributed by atoms with Crippen LogP contribution in [0.15, 0.2) is 72.9 Å². The van der Waals surface area contributed by atoms with E-state index in [4.69, 9.17) is 10.5 Å².